The zero-order valence-corrected chi connectivity index (χ0v) is 22.0. The van der Waals surface area contributed by atoms with E-state index in [0.29, 0.717) is 25.1 Å². The number of hydrogen-bond donors (Lipinski definition) is 5. The summed E-state index contributed by atoms with van der Waals surface area (Å²) < 4.78 is 0. The fourth-order valence-corrected chi connectivity index (χ4v) is 4.89. The Morgan fingerprint density at radius 3 is 2.15 bits per heavy atom. The fourth-order valence-electron chi connectivity index (χ4n) is 4.89. The number of aliphatic carboxylic acids is 1. The van der Waals surface area contributed by atoms with Crippen LogP contribution in [0.1, 0.15) is 29.7 Å². The Kier molecular flexibility index (Phi) is 9.63. The van der Waals surface area contributed by atoms with E-state index in [1.54, 1.807) is 30.5 Å². The monoisotopic (exact) mass is 546 g/mol. The second kappa shape index (κ2) is 13.5. The summed E-state index contributed by atoms with van der Waals surface area (Å²) in [6.07, 6.45) is 4.64. The highest BCUT2D eigenvalue weighted by atomic mass is 16.4. The van der Waals surface area contributed by atoms with E-state index in [2.05, 4.69) is 20.6 Å². The molecule has 4 atom stereocenters. The average Bonchev–Trinajstić information content (AvgIpc) is 3.65. The minimum atomic E-state index is -1.19. The van der Waals surface area contributed by atoms with Crippen molar-refractivity contribution < 1.29 is 24.3 Å². The molecule has 0 bridgehead atoms. The van der Waals surface area contributed by atoms with Crippen LogP contribution in [0.5, 0.6) is 0 Å². The maximum Gasteiger partial charge on any atom is 0.326 e. The van der Waals surface area contributed by atoms with Gasteiger partial charge in [-0.3, -0.25) is 14.4 Å². The first-order valence-corrected chi connectivity index (χ1v) is 13.3. The van der Waals surface area contributed by atoms with Gasteiger partial charge in [0.05, 0.1) is 12.4 Å². The number of imidazole rings is 1. The van der Waals surface area contributed by atoms with Gasteiger partial charge in [-0.25, -0.2) is 9.78 Å². The van der Waals surface area contributed by atoms with E-state index in [1.165, 1.54) is 11.2 Å². The van der Waals surface area contributed by atoms with Gasteiger partial charge in [0.2, 0.25) is 17.7 Å². The number of nitrogens with one attached hydrogen (secondary N) is 3. The van der Waals surface area contributed by atoms with Crippen molar-refractivity contribution >= 4 is 23.7 Å². The summed E-state index contributed by atoms with van der Waals surface area (Å²) in [6, 6.07) is 14.2. The number of nitrogens with two attached hydrogens (primary N) is 1. The first-order chi connectivity index (χ1) is 19.3. The number of carboxylic acids is 1. The third-order valence-electron chi connectivity index (χ3n) is 6.96. The van der Waals surface area contributed by atoms with Crippen LogP contribution in [0.25, 0.3) is 0 Å². The zero-order chi connectivity index (χ0) is 28.5. The Morgan fingerprint density at radius 2 is 1.57 bits per heavy atom. The molecule has 0 radical (unpaired) electrons. The number of amides is 3. The van der Waals surface area contributed by atoms with Crippen LogP contribution in [0, 0.1) is 0 Å². The average molecular weight is 547 g/mol. The molecule has 210 valence electrons. The molecule has 4 unspecified atom stereocenters. The lowest BCUT2D eigenvalue weighted by atomic mass is 10.0. The van der Waals surface area contributed by atoms with Gasteiger partial charge in [-0.15, -0.1) is 0 Å². The number of benzene rings is 2. The van der Waals surface area contributed by atoms with E-state index in [-0.39, 0.29) is 25.2 Å². The molecular formula is C29H34N6O5. The number of hydrogen-bond acceptors (Lipinski definition) is 6. The maximum atomic E-state index is 13.5. The van der Waals surface area contributed by atoms with E-state index < -0.39 is 42.0 Å². The molecule has 2 aromatic carbocycles. The Balaban J connectivity index is 1.47. The minimum Gasteiger partial charge on any atom is -0.480 e. The van der Waals surface area contributed by atoms with Gasteiger partial charge in [-0.1, -0.05) is 60.7 Å². The molecular weight excluding hydrogens is 512 g/mol. The lowest BCUT2D eigenvalue weighted by Crippen LogP contribution is -2.57. The molecule has 4 rings (SSSR count). The van der Waals surface area contributed by atoms with Crippen molar-refractivity contribution in [1.82, 2.24) is 25.5 Å². The number of aromatic nitrogens is 2. The number of H-pyrrole nitrogens is 1. The summed E-state index contributed by atoms with van der Waals surface area (Å²) in [5.74, 6) is -2.64. The Bertz CT molecular complexity index is 1280. The van der Waals surface area contributed by atoms with Crippen LogP contribution < -0.4 is 16.4 Å². The highest BCUT2D eigenvalue weighted by Gasteiger charge is 2.38. The van der Waals surface area contributed by atoms with Gasteiger partial charge in [0.15, 0.2) is 0 Å². The minimum absolute atomic E-state index is 0.0903. The fraction of sp³-hybridized carbons (Fsp3) is 0.345. The SMILES string of the molecule is NC(Cc1cnc[nH]1)C(=O)N1CCCC1C(=O)NC(Cc1ccccc1)C(=O)NC(Cc1ccccc1)C(=O)O. The zero-order valence-electron chi connectivity index (χ0n) is 22.0. The molecule has 40 heavy (non-hydrogen) atoms. The number of aromatic amines is 1. The van der Waals surface area contributed by atoms with Crippen molar-refractivity contribution in [2.75, 3.05) is 6.54 Å². The van der Waals surface area contributed by atoms with Crippen LogP contribution in [0.15, 0.2) is 73.2 Å². The van der Waals surface area contributed by atoms with Gasteiger partial charge in [-0.2, -0.15) is 0 Å². The Morgan fingerprint density at radius 1 is 0.950 bits per heavy atom. The third-order valence-corrected chi connectivity index (χ3v) is 6.96. The topological polar surface area (TPSA) is 171 Å². The lowest BCUT2D eigenvalue weighted by Gasteiger charge is -2.28. The maximum absolute atomic E-state index is 13.5. The van der Waals surface area contributed by atoms with Crippen LogP contribution in [0.3, 0.4) is 0 Å². The lowest BCUT2D eigenvalue weighted by molar-refractivity contribution is -0.143. The van der Waals surface area contributed by atoms with E-state index in [0.717, 1.165) is 11.1 Å². The van der Waals surface area contributed by atoms with Gasteiger partial charge in [-0.05, 0) is 24.0 Å². The molecule has 0 saturated carbocycles. The van der Waals surface area contributed by atoms with Gasteiger partial charge in [0.1, 0.15) is 18.1 Å². The molecule has 3 amide bonds. The number of carbonyl (C=O) groups excluding carboxylic acids is 3. The van der Waals surface area contributed by atoms with Crippen molar-refractivity contribution in [2.45, 2.75) is 56.3 Å². The van der Waals surface area contributed by atoms with Crippen molar-refractivity contribution in [1.29, 1.82) is 0 Å². The van der Waals surface area contributed by atoms with Crippen LogP contribution in [-0.4, -0.2) is 74.4 Å². The van der Waals surface area contributed by atoms with Crippen molar-refractivity contribution in [3.8, 4) is 0 Å². The normalized spacial score (nSPS) is 17.0. The van der Waals surface area contributed by atoms with Gasteiger partial charge < -0.3 is 31.4 Å². The van der Waals surface area contributed by atoms with Crippen LogP contribution in [0.4, 0.5) is 0 Å². The van der Waals surface area contributed by atoms with E-state index in [9.17, 15) is 24.3 Å². The first kappa shape index (κ1) is 28.5. The van der Waals surface area contributed by atoms with Crippen LogP contribution in [0.2, 0.25) is 0 Å². The molecule has 1 aliphatic heterocycles. The molecule has 1 fully saturated rings. The molecule has 1 aliphatic rings. The van der Waals surface area contributed by atoms with Crippen molar-refractivity contribution in [2.24, 2.45) is 5.73 Å². The predicted molar refractivity (Wildman–Crippen MR) is 147 cm³/mol. The van der Waals surface area contributed by atoms with Crippen molar-refractivity contribution in [3.05, 3.63) is 90.0 Å². The summed E-state index contributed by atoms with van der Waals surface area (Å²) >= 11 is 0. The summed E-state index contributed by atoms with van der Waals surface area (Å²) in [4.78, 5) is 60.3. The van der Waals surface area contributed by atoms with E-state index >= 15 is 0 Å². The number of rotatable bonds is 12. The van der Waals surface area contributed by atoms with Crippen molar-refractivity contribution in [3.63, 3.8) is 0 Å². The third kappa shape index (κ3) is 7.54. The molecule has 0 aliphatic carbocycles. The van der Waals surface area contributed by atoms with E-state index in [1.807, 2.05) is 36.4 Å². The molecule has 1 saturated heterocycles. The molecule has 1 aromatic heterocycles. The highest BCUT2D eigenvalue weighted by Crippen LogP contribution is 2.19. The summed E-state index contributed by atoms with van der Waals surface area (Å²) in [7, 11) is 0. The Labute approximate surface area is 232 Å². The van der Waals surface area contributed by atoms with Crippen LogP contribution >= 0.6 is 0 Å². The standard InChI is InChI=1S/C29H34N6O5/c30-22(16-21-17-31-18-32-21)28(38)35-13-7-12-25(35)27(37)33-23(14-19-8-3-1-4-9-19)26(36)34-24(29(39)40)15-20-10-5-2-6-11-20/h1-6,8-11,17-18,22-25H,7,12-16,30H2,(H,31,32)(H,33,37)(H,34,36)(H,39,40). The summed E-state index contributed by atoms with van der Waals surface area (Å²) in [6.45, 7) is 0.376. The summed E-state index contributed by atoms with van der Waals surface area (Å²) in [5.41, 5.74) is 8.42. The van der Waals surface area contributed by atoms with E-state index in [4.69, 9.17) is 5.73 Å². The smallest absolute Gasteiger partial charge is 0.326 e. The first-order valence-electron chi connectivity index (χ1n) is 13.3. The second-order valence-corrected chi connectivity index (χ2v) is 9.92. The number of carbonyl (C=O) groups is 4. The van der Waals surface area contributed by atoms with Gasteiger partial charge in [0, 0.05) is 37.7 Å². The van der Waals surface area contributed by atoms with Gasteiger partial charge in [0.25, 0.3) is 0 Å². The number of carboxylic acid groups (broad SMARTS) is 1. The number of nitrogens with zero attached hydrogens (tertiary/aromatic N) is 2. The van der Waals surface area contributed by atoms with Gasteiger partial charge >= 0.3 is 5.97 Å². The highest BCUT2D eigenvalue weighted by molar-refractivity contribution is 5.94. The predicted octanol–water partition coefficient (Wildman–Crippen LogP) is 0.810. The molecule has 11 heteroatoms. The summed E-state index contributed by atoms with van der Waals surface area (Å²) in [5, 5.41) is 15.2. The number of likely N-dealkylation sites (tertiary alicyclic amines) is 1. The second-order valence-electron chi connectivity index (χ2n) is 9.92. The molecule has 0 spiro atoms. The molecule has 11 nitrogen and oxygen atoms in total. The molecule has 3 aromatic rings. The Hall–Kier alpha value is -4.51. The quantitative estimate of drug-likeness (QED) is 0.224. The van der Waals surface area contributed by atoms with Crippen LogP contribution in [-0.2, 0) is 38.4 Å². The molecule has 6 N–H and O–H groups in total. The largest absolute Gasteiger partial charge is 0.480 e. The molecule has 2 heterocycles.